The molecular weight excluding hydrogens is 266 g/mol. The minimum absolute atomic E-state index is 0.141. The van der Waals surface area contributed by atoms with E-state index in [0.29, 0.717) is 17.1 Å². The molecule has 0 N–H and O–H groups in total. The highest BCUT2D eigenvalue weighted by Gasteiger charge is 2.12. The molecule has 0 heterocycles. The molecular formula is C17H17NO3. The molecule has 0 aliphatic rings. The van der Waals surface area contributed by atoms with Crippen LogP contribution in [0.15, 0.2) is 42.5 Å². The highest BCUT2D eigenvalue weighted by molar-refractivity contribution is 5.47. The number of ether oxygens (including phenoxy) is 3. The van der Waals surface area contributed by atoms with Crippen molar-refractivity contribution in [2.24, 2.45) is 0 Å². The Bertz CT molecular complexity index is 644. The SMILES string of the molecule is COc1ccc(C(C)Oc2ccc(C#N)cc2OC)cc1. The molecule has 2 aromatic rings. The minimum Gasteiger partial charge on any atom is -0.497 e. The van der Waals surface area contributed by atoms with Crippen molar-refractivity contribution in [2.45, 2.75) is 13.0 Å². The second-order valence-corrected chi connectivity index (χ2v) is 4.51. The van der Waals surface area contributed by atoms with Crippen LogP contribution in [-0.2, 0) is 0 Å². The van der Waals surface area contributed by atoms with Gasteiger partial charge in [0.05, 0.1) is 25.9 Å². The van der Waals surface area contributed by atoms with Gasteiger partial charge in [-0.15, -0.1) is 0 Å². The summed E-state index contributed by atoms with van der Waals surface area (Å²) < 4.78 is 16.3. The third kappa shape index (κ3) is 3.46. The zero-order valence-electron chi connectivity index (χ0n) is 12.3. The summed E-state index contributed by atoms with van der Waals surface area (Å²) in [6.45, 7) is 1.96. The summed E-state index contributed by atoms with van der Waals surface area (Å²) in [6.07, 6.45) is -0.141. The van der Waals surface area contributed by atoms with Gasteiger partial charge in [0.25, 0.3) is 0 Å². The minimum atomic E-state index is -0.141. The molecule has 2 rings (SSSR count). The van der Waals surface area contributed by atoms with Crippen LogP contribution in [0.1, 0.15) is 24.2 Å². The van der Waals surface area contributed by atoms with Crippen molar-refractivity contribution in [1.29, 1.82) is 5.26 Å². The van der Waals surface area contributed by atoms with Crippen molar-refractivity contribution in [3.63, 3.8) is 0 Å². The Labute approximate surface area is 124 Å². The van der Waals surface area contributed by atoms with Crippen LogP contribution in [0.5, 0.6) is 17.2 Å². The normalized spacial score (nSPS) is 11.3. The molecule has 4 heteroatoms. The zero-order valence-corrected chi connectivity index (χ0v) is 12.3. The molecule has 0 saturated carbocycles. The lowest BCUT2D eigenvalue weighted by Gasteiger charge is -2.17. The molecule has 2 aromatic carbocycles. The summed E-state index contributed by atoms with van der Waals surface area (Å²) in [5, 5.41) is 8.90. The molecule has 0 saturated heterocycles. The number of nitriles is 1. The van der Waals surface area contributed by atoms with Crippen LogP contribution in [-0.4, -0.2) is 14.2 Å². The second-order valence-electron chi connectivity index (χ2n) is 4.51. The number of methoxy groups -OCH3 is 2. The Kier molecular flexibility index (Phi) is 4.68. The van der Waals surface area contributed by atoms with Crippen LogP contribution in [0, 0.1) is 11.3 Å². The predicted molar refractivity (Wildman–Crippen MR) is 79.7 cm³/mol. The maximum atomic E-state index is 8.90. The molecule has 0 bridgehead atoms. The third-order valence-corrected chi connectivity index (χ3v) is 3.18. The summed E-state index contributed by atoms with van der Waals surface area (Å²) in [4.78, 5) is 0. The molecule has 108 valence electrons. The van der Waals surface area contributed by atoms with Crippen molar-refractivity contribution < 1.29 is 14.2 Å². The van der Waals surface area contributed by atoms with Gasteiger partial charge in [0.2, 0.25) is 0 Å². The Morgan fingerprint density at radius 1 is 0.952 bits per heavy atom. The molecule has 1 unspecified atom stereocenters. The lowest BCUT2D eigenvalue weighted by Crippen LogP contribution is -2.04. The molecule has 0 aromatic heterocycles. The summed E-state index contributed by atoms with van der Waals surface area (Å²) >= 11 is 0. The second kappa shape index (κ2) is 6.67. The summed E-state index contributed by atoms with van der Waals surface area (Å²) in [7, 11) is 3.19. The third-order valence-electron chi connectivity index (χ3n) is 3.18. The van der Waals surface area contributed by atoms with E-state index >= 15 is 0 Å². The molecule has 1 atom stereocenters. The molecule has 0 spiro atoms. The van der Waals surface area contributed by atoms with Gasteiger partial charge < -0.3 is 14.2 Å². The predicted octanol–water partition coefficient (Wildman–Crippen LogP) is 3.72. The van der Waals surface area contributed by atoms with E-state index in [1.165, 1.54) is 0 Å². The molecule has 0 amide bonds. The van der Waals surface area contributed by atoms with Crippen molar-refractivity contribution in [2.75, 3.05) is 14.2 Å². The van der Waals surface area contributed by atoms with Gasteiger partial charge >= 0.3 is 0 Å². The van der Waals surface area contributed by atoms with E-state index < -0.39 is 0 Å². The fourth-order valence-electron chi connectivity index (χ4n) is 1.97. The van der Waals surface area contributed by atoms with Gasteiger partial charge in [-0.1, -0.05) is 12.1 Å². The van der Waals surface area contributed by atoms with E-state index in [0.717, 1.165) is 11.3 Å². The number of hydrogen-bond donors (Lipinski definition) is 0. The van der Waals surface area contributed by atoms with Crippen LogP contribution in [0.25, 0.3) is 0 Å². The first-order valence-electron chi connectivity index (χ1n) is 6.56. The molecule has 0 aliphatic carbocycles. The fraction of sp³-hybridized carbons (Fsp3) is 0.235. The molecule has 4 nitrogen and oxygen atoms in total. The van der Waals surface area contributed by atoms with Crippen LogP contribution >= 0.6 is 0 Å². The monoisotopic (exact) mass is 283 g/mol. The summed E-state index contributed by atoms with van der Waals surface area (Å²) in [5.41, 5.74) is 1.57. The lowest BCUT2D eigenvalue weighted by molar-refractivity contribution is 0.216. The quantitative estimate of drug-likeness (QED) is 0.839. The van der Waals surface area contributed by atoms with E-state index in [-0.39, 0.29) is 6.10 Å². The first-order valence-corrected chi connectivity index (χ1v) is 6.56. The average Bonchev–Trinajstić information content (AvgIpc) is 2.55. The van der Waals surface area contributed by atoms with Gasteiger partial charge in [0, 0.05) is 6.07 Å². The maximum absolute atomic E-state index is 8.90. The number of nitrogens with zero attached hydrogens (tertiary/aromatic N) is 1. The van der Waals surface area contributed by atoms with Gasteiger partial charge in [-0.25, -0.2) is 0 Å². The zero-order chi connectivity index (χ0) is 15.2. The maximum Gasteiger partial charge on any atom is 0.162 e. The van der Waals surface area contributed by atoms with Crippen molar-refractivity contribution in [3.05, 3.63) is 53.6 Å². The summed E-state index contributed by atoms with van der Waals surface area (Å²) in [5.74, 6) is 1.97. The molecule has 0 fully saturated rings. The largest absolute Gasteiger partial charge is 0.497 e. The Morgan fingerprint density at radius 2 is 1.67 bits per heavy atom. The van der Waals surface area contributed by atoms with Crippen LogP contribution in [0.4, 0.5) is 0 Å². The van der Waals surface area contributed by atoms with Gasteiger partial charge in [0.15, 0.2) is 11.5 Å². The van der Waals surface area contributed by atoms with E-state index in [4.69, 9.17) is 19.5 Å². The lowest BCUT2D eigenvalue weighted by atomic mass is 10.1. The Balaban J connectivity index is 2.18. The number of benzene rings is 2. The van der Waals surface area contributed by atoms with Gasteiger partial charge in [-0.3, -0.25) is 0 Å². The standard InChI is InChI=1S/C17H17NO3/c1-12(14-5-7-15(19-2)8-6-14)21-16-9-4-13(11-18)10-17(16)20-3/h4-10,12H,1-3H3. The van der Waals surface area contributed by atoms with Crippen LogP contribution < -0.4 is 14.2 Å². The van der Waals surface area contributed by atoms with E-state index in [9.17, 15) is 0 Å². The Morgan fingerprint density at radius 3 is 2.24 bits per heavy atom. The smallest absolute Gasteiger partial charge is 0.162 e. The number of hydrogen-bond acceptors (Lipinski definition) is 4. The van der Waals surface area contributed by atoms with Crippen molar-refractivity contribution in [3.8, 4) is 23.3 Å². The van der Waals surface area contributed by atoms with Gasteiger partial charge in [-0.2, -0.15) is 5.26 Å². The van der Waals surface area contributed by atoms with Crippen molar-refractivity contribution in [1.82, 2.24) is 0 Å². The molecule has 21 heavy (non-hydrogen) atoms. The number of rotatable bonds is 5. The molecule has 0 radical (unpaired) electrons. The highest BCUT2D eigenvalue weighted by Crippen LogP contribution is 2.32. The summed E-state index contributed by atoms with van der Waals surface area (Å²) in [6, 6.07) is 14.9. The fourth-order valence-corrected chi connectivity index (χ4v) is 1.97. The van der Waals surface area contributed by atoms with Gasteiger partial charge in [0.1, 0.15) is 11.9 Å². The first-order chi connectivity index (χ1) is 10.2. The van der Waals surface area contributed by atoms with E-state index in [1.807, 2.05) is 31.2 Å². The van der Waals surface area contributed by atoms with Crippen LogP contribution in [0.2, 0.25) is 0 Å². The van der Waals surface area contributed by atoms with Crippen LogP contribution in [0.3, 0.4) is 0 Å². The topological polar surface area (TPSA) is 51.5 Å². The average molecular weight is 283 g/mol. The van der Waals surface area contributed by atoms with E-state index in [2.05, 4.69) is 6.07 Å². The highest BCUT2D eigenvalue weighted by atomic mass is 16.5. The molecule has 0 aliphatic heterocycles. The Hall–Kier alpha value is -2.67. The first kappa shape index (κ1) is 14.7. The van der Waals surface area contributed by atoms with Gasteiger partial charge in [-0.05, 0) is 36.8 Å². The van der Waals surface area contributed by atoms with Crippen molar-refractivity contribution >= 4 is 0 Å². The van der Waals surface area contributed by atoms with E-state index in [1.54, 1.807) is 32.4 Å².